The van der Waals surface area contributed by atoms with Crippen LogP contribution in [-0.4, -0.2) is 11.0 Å². The first-order valence-electron chi connectivity index (χ1n) is 7.12. The molecule has 0 aliphatic carbocycles. The lowest BCUT2D eigenvalue weighted by Gasteiger charge is -2.29. The van der Waals surface area contributed by atoms with Crippen molar-refractivity contribution in [3.8, 4) is 0 Å². The Bertz CT molecular complexity index is 497. The Kier molecular flexibility index (Phi) is 5.63. The molecule has 0 amide bonds. The summed E-state index contributed by atoms with van der Waals surface area (Å²) in [6.45, 7) is 0. The Morgan fingerprint density at radius 3 is 2.05 bits per heavy atom. The van der Waals surface area contributed by atoms with Gasteiger partial charge in [0.1, 0.15) is 0 Å². The van der Waals surface area contributed by atoms with Crippen molar-refractivity contribution < 1.29 is 5.11 Å². The monoisotopic (exact) mass is 288 g/mol. The summed E-state index contributed by atoms with van der Waals surface area (Å²) in [6, 6.07) is 20.2. The first-order chi connectivity index (χ1) is 9.74. The van der Waals surface area contributed by atoms with Crippen molar-refractivity contribution in [2.45, 2.75) is 31.3 Å². The molecule has 1 atom stereocenters. The largest absolute Gasteiger partial charge is 0.385 e. The van der Waals surface area contributed by atoms with Crippen LogP contribution in [0.25, 0.3) is 0 Å². The molecule has 2 aromatic rings. The Labute approximate surface area is 126 Å². The molecule has 0 heterocycles. The number of hydrogen-bond donors (Lipinski definition) is 1. The highest BCUT2D eigenvalue weighted by molar-refractivity contribution is 6.17. The summed E-state index contributed by atoms with van der Waals surface area (Å²) in [5.41, 5.74) is 1.46. The molecule has 0 saturated carbocycles. The molecule has 2 aromatic carbocycles. The highest BCUT2D eigenvalue weighted by Crippen LogP contribution is 2.31. The molecule has 0 aliphatic rings. The third-order valence-electron chi connectivity index (χ3n) is 3.71. The molecular formula is C18H21ClO. The highest BCUT2D eigenvalue weighted by Gasteiger charge is 2.28. The van der Waals surface area contributed by atoms with Gasteiger partial charge in [0.25, 0.3) is 0 Å². The van der Waals surface area contributed by atoms with Crippen LogP contribution >= 0.6 is 11.6 Å². The number of aliphatic hydroxyl groups is 1. The van der Waals surface area contributed by atoms with Crippen LogP contribution < -0.4 is 0 Å². The van der Waals surface area contributed by atoms with Gasteiger partial charge in [-0.25, -0.2) is 0 Å². The number of halogens is 1. The van der Waals surface area contributed by atoms with Crippen LogP contribution in [0, 0.1) is 0 Å². The molecule has 2 heteroatoms. The fourth-order valence-electron chi connectivity index (χ4n) is 2.52. The Balaban J connectivity index is 2.11. The van der Waals surface area contributed by atoms with E-state index in [0.717, 1.165) is 24.8 Å². The summed E-state index contributed by atoms with van der Waals surface area (Å²) in [7, 11) is 0. The molecule has 1 nitrogen and oxygen atoms in total. The first-order valence-corrected chi connectivity index (χ1v) is 7.66. The zero-order valence-electron chi connectivity index (χ0n) is 11.6. The molecule has 0 saturated heterocycles. The smallest absolute Gasteiger partial charge is 0.0900 e. The fraction of sp³-hybridized carbons (Fsp3) is 0.333. The van der Waals surface area contributed by atoms with Gasteiger partial charge >= 0.3 is 0 Å². The van der Waals surface area contributed by atoms with Gasteiger partial charge < -0.3 is 5.11 Å². The molecule has 0 unspecified atom stereocenters. The Morgan fingerprint density at radius 1 is 0.850 bits per heavy atom. The van der Waals surface area contributed by atoms with E-state index in [0.29, 0.717) is 12.3 Å². The van der Waals surface area contributed by atoms with Crippen LogP contribution in [0.2, 0.25) is 0 Å². The van der Waals surface area contributed by atoms with Gasteiger partial charge in [0, 0.05) is 5.88 Å². The summed E-state index contributed by atoms with van der Waals surface area (Å²) in [6.07, 6.45) is 3.11. The molecule has 1 N–H and O–H groups in total. The maximum Gasteiger partial charge on any atom is 0.0900 e. The SMILES string of the molecule is O[C@@](CCCCl)(CCc1ccccc1)c1ccccc1. The summed E-state index contributed by atoms with van der Waals surface area (Å²) in [5.74, 6) is 0.584. The van der Waals surface area contributed by atoms with Crippen LogP contribution in [0.15, 0.2) is 60.7 Å². The zero-order chi connectivity index (χ0) is 14.3. The van der Waals surface area contributed by atoms with Gasteiger partial charge in [-0.3, -0.25) is 0 Å². The summed E-state index contributed by atoms with van der Waals surface area (Å²) >= 11 is 5.80. The zero-order valence-corrected chi connectivity index (χ0v) is 12.4. The van der Waals surface area contributed by atoms with E-state index < -0.39 is 5.60 Å². The highest BCUT2D eigenvalue weighted by atomic mass is 35.5. The van der Waals surface area contributed by atoms with Crippen molar-refractivity contribution in [1.29, 1.82) is 0 Å². The fourth-order valence-corrected chi connectivity index (χ4v) is 2.65. The predicted octanol–water partition coefficient (Wildman–Crippen LogP) is 4.53. The molecule has 0 bridgehead atoms. The van der Waals surface area contributed by atoms with Gasteiger partial charge in [0.05, 0.1) is 5.60 Å². The number of alkyl halides is 1. The molecule has 0 aliphatic heterocycles. The number of hydrogen-bond acceptors (Lipinski definition) is 1. The minimum absolute atomic E-state index is 0.584. The quantitative estimate of drug-likeness (QED) is 0.742. The van der Waals surface area contributed by atoms with Gasteiger partial charge in [0.2, 0.25) is 0 Å². The van der Waals surface area contributed by atoms with Crippen LogP contribution in [-0.2, 0) is 12.0 Å². The molecule has 0 spiro atoms. The topological polar surface area (TPSA) is 20.2 Å². The Hall–Kier alpha value is -1.31. The van der Waals surface area contributed by atoms with Crippen LogP contribution in [0.3, 0.4) is 0 Å². The van der Waals surface area contributed by atoms with Crippen molar-refractivity contribution in [2.75, 3.05) is 5.88 Å². The van der Waals surface area contributed by atoms with Gasteiger partial charge in [-0.2, -0.15) is 0 Å². The lowest BCUT2D eigenvalue weighted by molar-refractivity contribution is 0.0182. The minimum Gasteiger partial charge on any atom is -0.385 e. The van der Waals surface area contributed by atoms with E-state index in [9.17, 15) is 5.11 Å². The molecule has 0 fully saturated rings. The minimum atomic E-state index is -0.786. The van der Waals surface area contributed by atoms with Crippen molar-refractivity contribution in [2.24, 2.45) is 0 Å². The van der Waals surface area contributed by atoms with E-state index in [-0.39, 0.29) is 0 Å². The summed E-state index contributed by atoms with van der Waals surface area (Å²) in [5, 5.41) is 11.0. The van der Waals surface area contributed by atoms with Gasteiger partial charge in [0.15, 0.2) is 0 Å². The van der Waals surface area contributed by atoms with Crippen LogP contribution in [0.1, 0.15) is 30.4 Å². The maximum absolute atomic E-state index is 11.0. The first kappa shape index (κ1) is 15.1. The average Bonchev–Trinajstić information content (AvgIpc) is 2.53. The normalized spacial score (nSPS) is 13.9. The van der Waals surface area contributed by atoms with Crippen LogP contribution in [0.4, 0.5) is 0 Å². The van der Waals surface area contributed by atoms with E-state index in [1.165, 1.54) is 5.56 Å². The van der Waals surface area contributed by atoms with Crippen molar-refractivity contribution >= 4 is 11.6 Å². The number of benzene rings is 2. The van der Waals surface area contributed by atoms with E-state index in [1.807, 2.05) is 48.5 Å². The Morgan fingerprint density at radius 2 is 1.45 bits per heavy atom. The average molecular weight is 289 g/mol. The van der Waals surface area contributed by atoms with Crippen molar-refractivity contribution in [3.05, 3.63) is 71.8 Å². The van der Waals surface area contributed by atoms with Crippen molar-refractivity contribution in [1.82, 2.24) is 0 Å². The van der Waals surface area contributed by atoms with Crippen LogP contribution in [0.5, 0.6) is 0 Å². The molecule has 2 rings (SSSR count). The molecule has 20 heavy (non-hydrogen) atoms. The third kappa shape index (κ3) is 4.09. The van der Waals surface area contributed by atoms with E-state index in [4.69, 9.17) is 11.6 Å². The number of rotatable bonds is 7. The van der Waals surface area contributed by atoms with Gasteiger partial charge in [-0.15, -0.1) is 11.6 Å². The van der Waals surface area contributed by atoms with Gasteiger partial charge in [-0.1, -0.05) is 60.7 Å². The second-order valence-corrected chi connectivity index (χ2v) is 5.55. The lowest BCUT2D eigenvalue weighted by Crippen LogP contribution is -2.26. The van der Waals surface area contributed by atoms with Gasteiger partial charge in [-0.05, 0) is 36.8 Å². The summed E-state index contributed by atoms with van der Waals surface area (Å²) in [4.78, 5) is 0. The number of aryl methyl sites for hydroxylation is 1. The standard InChI is InChI=1S/C18H21ClO/c19-15-7-13-18(20,17-10-5-2-6-11-17)14-12-16-8-3-1-4-9-16/h1-6,8-11,20H,7,12-15H2/t18-/m0/s1. The van der Waals surface area contributed by atoms with Crippen molar-refractivity contribution in [3.63, 3.8) is 0 Å². The molecule has 0 radical (unpaired) electrons. The van der Waals surface area contributed by atoms with E-state index in [1.54, 1.807) is 0 Å². The summed E-state index contributed by atoms with van der Waals surface area (Å²) < 4.78 is 0. The maximum atomic E-state index is 11.0. The van der Waals surface area contributed by atoms with E-state index >= 15 is 0 Å². The van der Waals surface area contributed by atoms with E-state index in [2.05, 4.69) is 12.1 Å². The second-order valence-electron chi connectivity index (χ2n) is 5.18. The molecule has 0 aromatic heterocycles. The molecule has 106 valence electrons. The third-order valence-corrected chi connectivity index (χ3v) is 3.97. The molecular weight excluding hydrogens is 268 g/mol. The second kappa shape index (κ2) is 7.47. The lowest BCUT2D eigenvalue weighted by atomic mass is 9.84. The predicted molar refractivity (Wildman–Crippen MR) is 85.1 cm³/mol.